The van der Waals surface area contributed by atoms with Crippen molar-refractivity contribution in [1.82, 2.24) is 0 Å². The molecule has 2 rings (SSSR count). The summed E-state index contributed by atoms with van der Waals surface area (Å²) >= 11 is 0. The van der Waals surface area contributed by atoms with Gasteiger partial charge in [0.1, 0.15) is 5.84 Å². The van der Waals surface area contributed by atoms with Crippen molar-refractivity contribution in [2.24, 2.45) is 17.4 Å². The zero-order chi connectivity index (χ0) is 25.2. The molecule has 0 aliphatic rings. The largest absolute Gasteiger partial charge is 0.490 e. The van der Waals surface area contributed by atoms with Crippen LogP contribution in [0.15, 0.2) is 48.5 Å². The number of nitrogens with two attached hydrogens (primary N) is 3. The van der Waals surface area contributed by atoms with Gasteiger partial charge in [0.05, 0.1) is 12.5 Å². The van der Waals surface area contributed by atoms with Gasteiger partial charge in [-0.05, 0) is 35.7 Å². The van der Waals surface area contributed by atoms with E-state index in [2.05, 4.69) is 0 Å². The first kappa shape index (κ1) is 27.4. The zero-order valence-electron chi connectivity index (χ0n) is 17.9. The first-order valence-corrected chi connectivity index (χ1v) is 9.82. The predicted octanol–water partition coefficient (Wildman–Crippen LogP) is 3.00. The molecule has 33 heavy (non-hydrogen) atoms. The van der Waals surface area contributed by atoms with Crippen LogP contribution in [-0.4, -0.2) is 35.7 Å². The van der Waals surface area contributed by atoms with Crippen LogP contribution >= 0.6 is 0 Å². The monoisotopic (exact) mass is 468 g/mol. The molecule has 11 heteroatoms. The van der Waals surface area contributed by atoms with Crippen LogP contribution in [-0.2, 0) is 20.7 Å². The molecule has 2 aromatic rings. The number of amidine groups is 1. The van der Waals surface area contributed by atoms with Gasteiger partial charge in [0, 0.05) is 23.7 Å². The van der Waals surface area contributed by atoms with Gasteiger partial charge in [-0.15, -0.1) is 0 Å². The van der Waals surface area contributed by atoms with E-state index in [0.29, 0.717) is 30.7 Å². The number of nitrogens with one attached hydrogen (secondary N) is 1. The van der Waals surface area contributed by atoms with Gasteiger partial charge in [0.15, 0.2) is 0 Å². The van der Waals surface area contributed by atoms with E-state index in [9.17, 15) is 18.0 Å². The minimum absolute atomic E-state index is 0.00539. The SMILES string of the molecule is CC(CC(N)c1cccc(C(=N)N)c1)C(=O)OCCc1ccc(N)cc1.O=C(O)C(F)(F)F. The molecule has 0 radical (unpaired) electrons. The van der Waals surface area contributed by atoms with Crippen LogP contribution in [0.4, 0.5) is 18.9 Å². The number of hydrogen-bond acceptors (Lipinski definition) is 6. The fourth-order valence-corrected chi connectivity index (χ4v) is 2.65. The lowest BCUT2D eigenvalue weighted by molar-refractivity contribution is -0.192. The van der Waals surface area contributed by atoms with Crippen molar-refractivity contribution in [3.05, 3.63) is 65.2 Å². The van der Waals surface area contributed by atoms with E-state index < -0.39 is 12.1 Å². The highest BCUT2D eigenvalue weighted by Gasteiger charge is 2.38. The summed E-state index contributed by atoms with van der Waals surface area (Å²) < 4.78 is 37.1. The third-order valence-corrected chi connectivity index (χ3v) is 4.49. The number of rotatable bonds is 8. The van der Waals surface area contributed by atoms with Gasteiger partial charge in [-0.1, -0.05) is 37.3 Å². The van der Waals surface area contributed by atoms with Crippen LogP contribution < -0.4 is 17.2 Å². The van der Waals surface area contributed by atoms with E-state index in [1.165, 1.54) is 0 Å². The summed E-state index contributed by atoms with van der Waals surface area (Å²) in [6, 6.07) is 14.4. The summed E-state index contributed by atoms with van der Waals surface area (Å²) in [4.78, 5) is 21.1. The second kappa shape index (κ2) is 12.4. The van der Waals surface area contributed by atoms with Gasteiger partial charge in [0.2, 0.25) is 0 Å². The first-order chi connectivity index (χ1) is 15.3. The molecule has 0 aliphatic heterocycles. The Labute approximate surface area is 189 Å². The second-order valence-electron chi connectivity index (χ2n) is 7.24. The summed E-state index contributed by atoms with van der Waals surface area (Å²) in [7, 11) is 0. The molecule has 180 valence electrons. The molecular formula is C22H27F3N4O4. The van der Waals surface area contributed by atoms with E-state index in [4.69, 9.17) is 37.2 Å². The van der Waals surface area contributed by atoms with Crippen LogP contribution in [0.1, 0.15) is 36.1 Å². The van der Waals surface area contributed by atoms with E-state index in [1.807, 2.05) is 36.4 Å². The Kier molecular flexibility index (Phi) is 10.3. The summed E-state index contributed by atoms with van der Waals surface area (Å²) in [5.41, 5.74) is 20.6. The van der Waals surface area contributed by atoms with E-state index in [0.717, 1.165) is 11.1 Å². The van der Waals surface area contributed by atoms with E-state index in [-0.39, 0.29) is 23.8 Å². The Morgan fingerprint density at radius 1 is 1.15 bits per heavy atom. The minimum Gasteiger partial charge on any atom is -0.475 e. The van der Waals surface area contributed by atoms with E-state index >= 15 is 0 Å². The van der Waals surface area contributed by atoms with Crippen LogP contribution in [0, 0.1) is 11.3 Å². The Balaban J connectivity index is 0.000000675. The lowest BCUT2D eigenvalue weighted by Gasteiger charge is -2.17. The first-order valence-electron chi connectivity index (χ1n) is 9.82. The molecule has 8 N–H and O–H groups in total. The smallest absolute Gasteiger partial charge is 0.475 e. The molecule has 0 aromatic heterocycles. The number of aliphatic carboxylic acids is 1. The van der Waals surface area contributed by atoms with Crippen molar-refractivity contribution in [2.75, 3.05) is 12.3 Å². The van der Waals surface area contributed by atoms with Crippen molar-refractivity contribution in [3.63, 3.8) is 0 Å². The highest BCUT2D eigenvalue weighted by atomic mass is 19.4. The lowest BCUT2D eigenvalue weighted by Crippen LogP contribution is -2.22. The third-order valence-electron chi connectivity index (χ3n) is 4.49. The number of nitrogen functional groups attached to an aromatic ring is 2. The van der Waals surface area contributed by atoms with Crippen molar-refractivity contribution in [2.45, 2.75) is 32.0 Å². The van der Waals surface area contributed by atoms with E-state index in [1.54, 1.807) is 19.1 Å². The number of carboxylic acid groups (broad SMARTS) is 1. The van der Waals surface area contributed by atoms with Crippen molar-refractivity contribution in [3.8, 4) is 0 Å². The van der Waals surface area contributed by atoms with Gasteiger partial charge < -0.3 is 27.0 Å². The van der Waals surface area contributed by atoms with Crippen LogP contribution in [0.2, 0.25) is 0 Å². The lowest BCUT2D eigenvalue weighted by atomic mass is 9.95. The molecule has 2 unspecified atom stereocenters. The molecule has 2 atom stereocenters. The molecule has 0 saturated heterocycles. The molecule has 8 nitrogen and oxygen atoms in total. The number of carboxylic acids is 1. The quantitative estimate of drug-likeness (QED) is 0.172. The average molecular weight is 468 g/mol. The molecule has 0 bridgehead atoms. The minimum atomic E-state index is -5.08. The third kappa shape index (κ3) is 10.0. The van der Waals surface area contributed by atoms with Crippen molar-refractivity contribution < 1.29 is 32.6 Å². The number of anilines is 1. The molecule has 0 fully saturated rings. The highest BCUT2D eigenvalue weighted by molar-refractivity contribution is 5.95. The predicted molar refractivity (Wildman–Crippen MR) is 117 cm³/mol. The standard InChI is InChI=1S/C20H26N4O2.C2HF3O2/c1-13(11-18(22)15-3-2-4-16(12-15)19(23)24)20(25)26-10-9-14-5-7-17(21)8-6-14;3-2(4,5)1(6)7/h2-8,12-13,18H,9-11,21-22H2,1H3,(H3,23,24);(H,6,7). The van der Waals surface area contributed by atoms with Crippen LogP contribution in [0.5, 0.6) is 0 Å². The van der Waals surface area contributed by atoms with Gasteiger partial charge in [-0.3, -0.25) is 10.2 Å². The molecule has 0 amide bonds. The Hall–Kier alpha value is -3.60. The summed E-state index contributed by atoms with van der Waals surface area (Å²) in [5.74, 6) is -3.35. The molecule has 0 heterocycles. The zero-order valence-corrected chi connectivity index (χ0v) is 17.9. The van der Waals surface area contributed by atoms with Crippen molar-refractivity contribution >= 4 is 23.5 Å². The number of hydrogen-bond donors (Lipinski definition) is 5. The Morgan fingerprint density at radius 2 is 1.73 bits per heavy atom. The van der Waals surface area contributed by atoms with Gasteiger partial charge >= 0.3 is 18.1 Å². The summed E-state index contributed by atoms with van der Waals surface area (Å²) in [6.45, 7) is 2.13. The number of carbonyl (C=O) groups excluding carboxylic acids is 1. The second-order valence-corrected chi connectivity index (χ2v) is 7.24. The number of benzene rings is 2. The maximum absolute atomic E-state index is 12.2. The summed E-state index contributed by atoms with van der Waals surface area (Å²) in [5, 5.41) is 14.6. The topological polar surface area (TPSA) is 166 Å². The molecule has 0 aliphatic carbocycles. The van der Waals surface area contributed by atoms with Crippen LogP contribution in [0.3, 0.4) is 0 Å². The Morgan fingerprint density at radius 3 is 2.24 bits per heavy atom. The molecular weight excluding hydrogens is 441 g/mol. The number of esters is 1. The number of halogens is 3. The summed E-state index contributed by atoms with van der Waals surface area (Å²) in [6.07, 6.45) is -3.98. The molecule has 2 aromatic carbocycles. The van der Waals surface area contributed by atoms with Gasteiger partial charge in [-0.25, -0.2) is 4.79 Å². The number of alkyl halides is 3. The maximum atomic E-state index is 12.2. The average Bonchev–Trinajstić information content (AvgIpc) is 2.74. The number of ether oxygens (including phenoxy) is 1. The number of carbonyl (C=O) groups is 2. The molecule has 0 saturated carbocycles. The maximum Gasteiger partial charge on any atom is 0.490 e. The Bertz CT molecular complexity index is 949. The van der Waals surface area contributed by atoms with Crippen molar-refractivity contribution in [1.29, 1.82) is 5.41 Å². The van der Waals surface area contributed by atoms with Crippen LogP contribution in [0.25, 0.3) is 0 Å². The molecule has 0 spiro atoms. The highest BCUT2D eigenvalue weighted by Crippen LogP contribution is 2.21. The fraction of sp³-hybridized carbons (Fsp3) is 0.318. The normalized spacial score (nSPS) is 12.6. The van der Waals surface area contributed by atoms with Gasteiger partial charge in [0.25, 0.3) is 0 Å². The fourth-order valence-electron chi connectivity index (χ4n) is 2.65. The van der Waals surface area contributed by atoms with Gasteiger partial charge in [-0.2, -0.15) is 13.2 Å².